The average molecular weight is 526 g/mol. The van der Waals surface area contributed by atoms with E-state index in [4.69, 9.17) is 14.2 Å². The van der Waals surface area contributed by atoms with Gasteiger partial charge in [0, 0.05) is 11.8 Å². The maximum atomic E-state index is 13.2. The SMILES string of the molecule is COc1cccc(OC)c1CS(=O)(=O)c1ccc2c(c1)NC(=O)/C(=C\c1ccc(OC(C)=O)cc1)S2. The van der Waals surface area contributed by atoms with Crippen molar-refractivity contribution in [2.24, 2.45) is 0 Å². The summed E-state index contributed by atoms with van der Waals surface area (Å²) in [6.07, 6.45) is 1.71. The highest BCUT2D eigenvalue weighted by molar-refractivity contribution is 8.04. The summed E-state index contributed by atoms with van der Waals surface area (Å²) in [7, 11) is -0.839. The number of rotatable bonds is 7. The molecule has 0 aromatic heterocycles. The van der Waals surface area contributed by atoms with Gasteiger partial charge in [-0.25, -0.2) is 8.42 Å². The summed E-state index contributed by atoms with van der Waals surface area (Å²) >= 11 is 1.24. The second-order valence-electron chi connectivity index (χ2n) is 7.79. The first-order chi connectivity index (χ1) is 17.2. The molecule has 1 aliphatic heterocycles. The molecule has 8 nitrogen and oxygen atoms in total. The van der Waals surface area contributed by atoms with Crippen LogP contribution in [-0.2, 0) is 25.2 Å². The van der Waals surface area contributed by atoms with Crippen LogP contribution in [0.15, 0.2) is 75.4 Å². The van der Waals surface area contributed by atoms with Gasteiger partial charge in [0.15, 0.2) is 9.84 Å². The molecular formula is C26H23NO7S2. The first kappa shape index (κ1) is 25.3. The summed E-state index contributed by atoms with van der Waals surface area (Å²) in [5.41, 5.74) is 1.58. The summed E-state index contributed by atoms with van der Waals surface area (Å²) < 4.78 is 42.1. The van der Waals surface area contributed by atoms with E-state index in [-0.39, 0.29) is 16.6 Å². The lowest BCUT2D eigenvalue weighted by Gasteiger charge is -2.20. The molecule has 36 heavy (non-hydrogen) atoms. The third kappa shape index (κ3) is 5.55. The van der Waals surface area contributed by atoms with Crippen LogP contribution in [0.25, 0.3) is 6.08 Å². The summed E-state index contributed by atoms with van der Waals surface area (Å²) in [5.74, 6) is 0.149. The Bertz CT molecular complexity index is 1440. The van der Waals surface area contributed by atoms with E-state index >= 15 is 0 Å². The quantitative estimate of drug-likeness (QED) is 0.269. The lowest BCUT2D eigenvalue weighted by atomic mass is 10.2. The van der Waals surface area contributed by atoms with Crippen molar-refractivity contribution in [1.29, 1.82) is 0 Å². The van der Waals surface area contributed by atoms with E-state index in [1.807, 2.05) is 0 Å². The van der Waals surface area contributed by atoms with Gasteiger partial charge in [-0.05, 0) is 54.1 Å². The summed E-state index contributed by atoms with van der Waals surface area (Å²) in [6.45, 7) is 1.32. The Morgan fingerprint density at radius 2 is 1.67 bits per heavy atom. The topological polar surface area (TPSA) is 108 Å². The zero-order chi connectivity index (χ0) is 25.9. The van der Waals surface area contributed by atoms with Crippen LogP contribution in [0.3, 0.4) is 0 Å². The molecule has 0 saturated carbocycles. The van der Waals surface area contributed by atoms with Crippen molar-refractivity contribution in [2.75, 3.05) is 19.5 Å². The number of thioether (sulfide) groups is 1. The van der Waals surface area contributed by atoms with Crippen molar-refractivity contribution in [3.8, 4) is 17.2 Å². The minimum absolute atomic E-state index is 0.0728. The van der Waals surface area contributed by atoms with Gasteiger partial charge in [0.1, 0.15) is 17.2 Å². The van der Waals surface area contributed by atoms with Crippen LogP contribution in [0.4, 0.5) is 5.69 Å². The van der Waals surface area contributed by atoms with Crippen LogP contribution >= 0.6 is 11.8 Å². The molecule has 0 fully saturated rings. The van der Waals surface area contributed by atoms with Gasteiger partial charge < -0.3 is 19.5 Å². The first-order valence-electron chi connectivity index (χ1n) is 10.8. The van der Waals surface area contributed by atoms with E-state index in [9.17, 15) is 18.0 Å². The smallest absolute Gasteiger partial charge is 0.308 e. The maximum absolute atomic E-state index is 13.2. The van der Waals surface area contributed by atoms with Gasteiger partial charge in [-0.1, -0.05) is 30.0 Å². The van der Waals surface area contributed by atoms with Crippen molar-refractivity contribution in [1.82, 2.24) is 0 Å². The number of anilines is 1. The van der Waals surface area contributed by atoms with Crippen LogP contribution < -0.4 is 19.5 Å². The number of carbonyl (C=O) groups is 2. The van der Waals surface area contributed by atoms with E-state index < -0.39 is 15.8 Å². The number of methoxy groups -OCH3 is 2. The molecule has 0 bridgehead atoms. The molecule has 4 rings (SSSR count). The number of sulfone groups is 1. The standard InChI is InChI=1S/C26H23NO7S2/c1-16(28)34-18-9-7-17(8-10-18)13-25-26(29)27-21-14-19(11-12-24(21)35-25)36(30,31)15-20-22(32-2)5-4-6-23(20)33-3/h4-14H,15H2,1-3H3,(H,27,29)/b25-13+. The van der Waals surface area contributed by atoms with Gasteiger partial charge in [0.2, 0.25) is 0 Å². The van der Waals surface area contributed by atoms with E-state index in [1.165, 1.54) is 45.0 Å². The number of nitrogens with one attached hydrogen (secondary N) is 1. The van der Waals surface area contributed by atoms with Crippen molar-refractivity contribution in [3.05, 3.63) is 76.7 Å². The summed E-state index contributed by atoms with van der Waals surface area (Å²) in [5, 5.41) is 2.78. The molecule has 3 aromatic rings. The van der Waals surface area contributed by atoms with E-state index in [2.05, 4.69) is 5.32 Å². The molecular weight excluding hydrogens is 502 g/mol. The van der Waals surface area contributed by atoms with Gasteiger partial charge in [0.25, 0.3) is 5.91 Å². The monoisotopic (exact) mass is 525 g/mol. The highest BCUT2D eigenvalue weighted by Gasteiger charge is 2.26. The number of fused-ring (bicyclic) bond motifs is 1. The lowest BCUT2D eigenvalue weighted by Crippen LogP contribution is -2.18. The number of ether oxygens (including phenoxy) is 3. The number of hydrogen-bond donors (Lipinski definition) is 1. The fourth-order valence-corrected chi connectivity index (χ4v) is 5.96. The summed E-state index contributed by atoms with van der Waals surface area (Å²) in [4.78, 5) is 25.0. The average Bonchev–Trinajstić information content (AvgIpc) is 2.85. The van der Waals surface area contributed by atoms with E-state index in [1.54, 1.807) is 54.6 Å². The fourth-order valence-electron chi connectivity index (χ4n) is 3.63. The molecule has 0 radical (unpaired) electrons. The molecule has 3 aromatic carbocycles. The molecule has 0 saturated heterocycles. The number of amides is 1. The highest BCUT2D eigenvalue weighted by Crippen LogP contribution is 2.41. The molecule has 1 heterocycles. The molecule has 0 unspecified atom stereocenters. The van der Waals surface area contributed by atoms with Crippen LogP contribution in [0.1, 0.15) is 18.1 Å². The first-order valence-corrected chi connectivity index (χ1v) is 13.2. The van der Waals surface area contributed by atoms with E-state index in [0.717, 1.165) is 5.56 Å². The third-order valence-electron chi connectivity index (χ3n) is 5.31. The minimum atomic E-state index is -3.78. The van der Waals surface area contributed by atoms with Gasteiger partial charge in [-0.15, -0.1) is 0 Å². The number of benzene rings is 3. The minimum Gasteiger partial charge on any atom is -0.496 e. The zero-order valence-electron chi connectivity index (χ0n) is 19.7. The van der Waals surface area contributed by atoms with Crippen molar-refractivity contribution in [2.45, 2.75) is 22.5 Å². The Morgan fingerprint density at radius 1 is 1.00 bits per heavy atom. The van der Waals surface area contributed by atoms with Crippen molar-refractivity contribution < 1.29 is 32.2 Å². The Kier molecular flexibility index (Phi) is 7.37. The van der Waals surface area contributed by atoms with Gasteiger partial charge in [0.05, 0.1) is 41.0 Å². The predicted molar refractivity (Wildman–Crippen MR) is 137 cm³/mol. The lowest BCUT2D eigenvalue weighted by molar-refractivity contribution is -0.131. The molecule has 1 N–H and O–H groups in total. The zero-order valence-corrected chi connectivity index (χ0v) is 21.4. The van der Waals surface area contributed by atoms with Crippen LogP contribution in [0, 0.1) is 0 Å². The van der Waals surface area contributed by atoms with Crippen LogP contribution in [-0.4, -0.2) is 34.5 Å². The number of carbonyl (C=O) groups excluding carboxylic acids is 2. The molecule has 0 spiro atoms. The van der Waals surface area contributed by atoms with Crippen LogP contribution in [0.2, 0.25) is 0 Å². The predicted octanol–water partition coefficient (Wildman–Crippen LogP) is 4.69. The molecule has 0 atom stereocenters. The van der Waals surface area contributed by atoms with Gasteiger partial charge in [-0.3, -0.25) is 9.59 Å². The second-order valence-corrected chi connectivity index (χ2v) is 10.9. The highest BCUT2D eigenvalue weighted by atomic mass is 32.2. The molecule has 1 amide bonds. The Labute approximate surface area is 213 Å². The van der Waals surface area contributed by atoms with Crippen molar-refractivity contribution >= 4 is 45.2 Å². The Balaban J connectivity index is 1.57. The van der Waals surface area contributed by atoms with E-state index in [0.29, 0.717) is 38.3 Å². The normalized spacial score (nSPS) is 14.1. The Hall–Kier alpha value is -3.76. The molecule has 1 aliphatic rings. The number of hydrogen-bond acceptors (Lipinski definition) is 8. The molecule has 186 valence electrons. The largest absolute Gasteiger partial charge is 0.496 e. The maximum Gasteiger partial charge on any atom is 0.308 e. The van der Waals surface area contributed by atoms with Gasteiger partial charge in [-0.2, -0.15) is 0 Å². The fraction of sp³-hybridized carbons (Fsp3) is 0.154. The third-order valence-corrected chi connectivity index (χ3v) is 8.05. The van der Waals surface area contributed by atoms with Gasteiger partial charge >= 0.3 is 5.97 Å². The Morgan fingerprint density at radius 3 is 2.28 bits per heavy atom. The molecule has 0 aliphatic carbocycles. The summed E-state index contributed by atoms with van der Waals surface area (Å²) in [6, 6.07) is 16.5. The van der Waals surface area contributed by atoms with Crippen molar-refractivity contribution in [3.63, 3.8) is 0 Å². The second kappa shape index (κ2) is 10.5. The molecule has 10 heteroatoms. The van der Waals surface area contributed by atoms with Crippen LogP contribution in [0.5, 0.6) is 17.2 Å². The number of esters is 1.